The number of hydrogen-bond acceptors (Lipinski definition) is 6. The van der Waals surface area contributed by atoms with E-state index in [9.17, 15) is 10.1 Å². The van der Waals surface area contributed by atoms with E-state index in [-0.39, 0.29) is 17.9 Å². The van der Waals surface area contributed by atoms with Gasteiger partial charge in [-0.15, -0.1) is 11.3 Å². The molecule has 0 radical (unpaired) electrons. The van der Waals surface area contributed by atoms with E-state index in [2.05, 4.69) is 37.1 Å². The van der Waals surface area contributed by atoms with Crippen LogP contribution in [0.25, 0.3) is 0 Å². The molecule has 1 amide bonds. The third kappa shape index (κ3) is 6.25. The number of anilines is 1. The van der Waals surface area contributed by atoms with E-state index in [1.807, 2.05) is 44.2 Å². The number of carbonyl (C=O) groups excluding carboxylic acids is 1. The van der Waals surface area contributed by atoms with E-state index in [1.54, 1.807) is 30.7 Å². The van der Waals surface area contributed by atoms with Gasteiger partial charge in [0.2, 0.25) is 0 Å². The molecule has 0 aliphatic heterocycles. The van der Waals surface area contributed by atoms with Gasteiger partial charge in [0.25, 0.3) is 5.91 Å². The average Bonchev–Trinajstić information content (AvgIpc) is 3.24. The normalized spacial score (nSPS) is 15.1. The number of amides is 1. The first-order valence-electron chi connectivity index (χ1n) is 12.9. The molecular weight excluding hydrogens is 494 g/mol. The molecule has 6 nitrogen and oxygen atoms in total. The van der Waals surface area contributed by atoms with Crippen molar-refractivity contribution < 1.29 is 14.3 Å². The van der Waals surface area contributed by atoms with E-state index in [0.29, 0.717) is 23.0 Å². The van der Waals surface area contributed by atoms with E-state index >= 15 is 0 Å². The minimum absolute atomic E-state index is 0.140. The molecule has 0 spiro atoms. The first-order valence-corrected chi connectivity index (χ1v) is 13.7. The van der Waals surface area contributed by atoms with E-state index in [1.165, 1.54) is 16.0 Å². The van der Waals surface area contributed by atoms with Crippen LogP contribution in [0.15, 0.2) is 41.4 Å². The Morgan fingerprint density at radius 3 is 2.66 bits per heavy atom. The van der Waals surface area contributed by atoms with Crippen LogP contribution in [0.1, 0.15) is 59.9 Å². The van der Waals surface area contributed by atoms with Crippen LogP contribution in [0.2, 0.25) is 0 Å². The number of aryl methyl sites for hydroxylation is 2. The second-order valence-corrected chi connectivity index (χ2v) is 12.0. The molecule has 0 saturated heterocycles. The molecule has 38 heavy (non-hydrogen) atoms. The zero-order chi connectivity index (χ0) is 27.4. The molecule has 1 aliphatic carbocycles. The molecule has 1 aliphatic rings. The van der Waals surface area contributed by atoms with Gasteiger partial charge in [-0.25, -0.2) is 4.99 Å². The summed E-state index contributed by atoms with van der Waals surface area (Å²) in [6.45, 7) is 10.8. The van der Waals surface area contributed by atoms with Gasteiger partial charge in [0.1, 0.15) is 11.1 Å². The lowest BCUT2D eigenvalue weighted by atomic mass is 9.72. The predicted molar refractivity (Wildman–Crippen MR) is 154 cm³/mol. The minimum atomic E-state index is -0.250. The Labute approximate surface area is 229 Å². The van der Waals surface area contributed by atoms with Crippen molar-refractivity contribution in [2.75, 3.05) is 19.0 Å². The number of aliphatic imine (C=N–C) groups is 1. The molecule has 0 saturated carbocycles. The van der Waals surface area contributed by atoms with Crippen LogP contribution in [-0.2, 0) is 17.6 Å². The van der Waals surface area contributed by atoms with Gasteiger partial charge in [0.05, 0.1) is 12.7 Å². The van der Waals surface area contributed by atoms with Gasteiger partial charge in [0.15, 0.2) is 18.1 Å². The molecule has 198 valence electrons. The van der Waals surface area contributed by atoms with Crippen molar-refractivity contribution in [3.63, 3.8) is 0 Å². The van der Waals surface area contributed by atoms with Gasteiger partial charge in [0, 0.05) is 16.8 Å². The maximum absolute atomic E-state index is 12.4. The third-order valence-corrected chi connectivity index (χ3v) is 8.41. The van der Waals surface area contributed by atoms with E-state index < -0.39 is 0 Å². The number of methoxy groups -OCH3 is 1. The number of nitriles is 1. The molecule has 2 aromatic carbocycles. The van der Waals surface area contributed by atoms with Crippen molar-refractivity contribution >= 4 is 34.1 Å². The summed E-state index contributed by atoms with van der Waals surface area (Å²) in [5.74, 6) is 1.33. The molecular formula is C31H35N3O3S. The van der Waals surface area contributed by atoms with Crippen LogP contribution in [0.3, 0.4) is 0 Å². The molecule has 0 unspecified atom stereocenters. The van der Waals surface area contributed by atoms with Crippen molar-refractivity contribution in [3.05, 3.63) is 69.1 Å². The second-order valence-electron chi connectivity index (χ2n) is 10.9. The zero-order valence-corrected chi connectivity index (χ0v) is 23.8. The van der Waals surface area contributed by atoms with Gasteiger partial charge in [-0.1, -0.05) is 26.8 Å². The Kier molecular flexibility index (Phi) is 8.23. The first kappa shape index (κ1) is 27.4. The van der Waals surface area contributed by atoms with E-state index in [4.69, 9.17) is 9.47 Å². The largest absolute Gasteiger partial charge is 0.493 e. The number of carbonyl (C=O) groups is 1. The maximum atomic E-state index is 12.4. The number of benzene rings is 2. The fraction of sp³-hybridized carbons (Fsp3) is 0.387. The van der Waals surface area contributed by atoms with Crippen molar-refractivity contribution in [2.24, 2.45) is 16.3 Å². The van der Waals surface area contributed by atoms with Crippen LogP contribution in [0, 0.1) is 36.5 Å². The number of fused-ring (bicyclic) bond motifs is 1. The molecule has 4 rings (SSSR count). The smallest absolute Gasteiger partial charge is 0.262 e. The van der Waals surface area contributed by atoms with Gasteiger partial charge in [-0.2, -0.15) is 5.26 Å². The van der Waals surface area contributed by atoms with E-state index in [0.717, 1.165) is 41.1 Å². The van der Waals surface area contributed by atoms with Crippen LogP contribution in [-0.4, -0.2) is 25.8 Å². The quantitative estimate of drug-likeness (QED) is 0.329. The number of hydrogen-bond donors (Lipinski definition) is 1. The van der Waals surface area contributed by atoms with Crippen molar-refractivity contribution in [2.45, 2.75) is 53.9 Å². The van der Waals surface area contributed by atoms with Crippen molar-refractivity contribution in [3.8, 4) is 17.6 Å². The average molecular weight is 530 g/mol. The van der Waals surface area contributed by atoms with Crippen LogP contribution >= 0.6 is 11.3 Å². The van der Waals surface area contributed by atoms with Crippen molar-refractivity contribution in [1.29, 1.82) is 5.26 Å². The fourth-order valence-corrected chi connectivity index (χ4v) is 5.91. The second kappa shape index (κ2) is 11.4. The Morgan fingerprint density at radius 2 is 1.97 bits per heavy atom. The number of rotatable bonds is 7. The first-order chi connectivity index (χ1) is 18.1. The fourth-order valence-electron chi connectivity index (χ4n) is 4.69. The summed E-state index contributed by atoms with van der Waals surface area (Å²) in [7, 11) is 1.56. The van der Waals surface area contributed by atoms with Crippen LogP contribution in [0.4, 0.5) is 10.7 Å². The molecule has 3 aromatic rings. The van der Waals surface area contributed by atoms with Crippen molar-refractivity contribution in [1.82, 2.24) is 0 Å². The number of nitrogens with one attached hydrogen (secondary N) is 1. The molecule has 0 bridgehead atoms. The Morgan fingerprint density at radius 1 is 1.18 bits per heavy atom. The lowest BCUT2D eigenvalue weighted by Crippen LogP contribution is -2.26. The molecule has 1 heterocycles. The number of thiophene rings is 1. The monoisotopic (exact) mass is 529 g/mol. The van der Waals surface area contributed by atoms with Crippen LogP contribution in [0.5, 0.6) is 11.5 Å². The summed E-state index contributed by atoms with van der Waals surface area (Å²) < 4.78 is 11.2. The Bertz CT molecular complexity index is 1410. The summed E-state index contributed by atoms with van der Waals surface area (Å²) in [5, 5.41) is 13.5. The molecule has 1 N–H and O–H groups in total. The Balaban J connectivity index is 1.44. The standard InChI is InChI=1S/C31H35N3O3S/c1-19-7-10-23(13-20(19)2)34-29(35)18-37-26-12-8-21(14-27(26)36-6)17-33-30-25(16-32)24-11-9-22(31(3,4)5)15-28(24)38-30/h7-8,10,12-14,17,22H,9,11,15,18H2,1-6H3,(H,34,35)/t22-/m1/s1. The zero-order valence-electron chi connectivity index (χ0n) is 23.0. The summed E-state index contributed by atoms with van der Waals surface area (Å²) in [4.78, 5) is 18.4. The van der Waals surface area contributed by atoms with Crippen LogP contribution < -0.4 is 14.8 Å². The molecule has 7 heteroatoms. The Hall–Kier alpha value is -3.63. The lowest BCUT2D eigenvalue weighted by molar-refractivity contribution is -0.118. The summed E-state index contributed by atoms with van der Waals surface area (Å²) in [6, 6.07) is 13.6. The highest BCUT2D eigenvalue weighted by Gasteiger charge is 2.32. The minimum Gasteiger partial charge on any atom is -0.493 e. The lowest BCUT2D eigenvalue weighted by Gasteiger charge is -2.33. The van der Waals surface area contributed by atoms with Gasteiger partial charge in [-0.3, -0.25) is 4.79 Å². The van der Waals surface area contributed by atoms with Gasteiger partial charge in [-0.05, 0) is 97.0 Å². The summed E-state index contributed by atoms with van der Waals surface area (Å²) in [5.41, 5.74) is 5.96. The van der Waals surface area contributed by atoms with Gasteiger partial charge < -0.3 is 14.8 Å². The predicted octanol–water partition coefficient (Wildman–Crippen LogP) is 7.16. The highest BCUT2D eigenvalue weighted by atomic mass is 32.1. The maximum Gasteiger partial charge on any atom is 0.262 e. The topological polar surface area (TPSA) is 83.7 Å². The highest BCUT2D eigenvalue weighted by molar-refractivity contribution is 7.16. The number of ether oxygens (including phenoxy) is 2. The highest BCUT2D eigenvalue weighted by Crippen LogP contribution is 2.45. The summed E-state index contributed by atoms with van der Waals surface area (Å²) in [6.07, 6.45) is 4.79. The SMILES string of the molecule is COc1cc(C=Nc2sc3c(c2C#N)CC[C@@H](C(C)(C)C)C3)ccc1OCC(=O)Nc1ccc(C)c(C)c1. The summed E-state index contributed by atoms with van der Waals surface area (Å²) >= 11 is 1.63. The molecule has 1 aromatic heterocycles. The number of nitrogens with zero attached hydrogens (tertiary/aromatic N) is 2. The molecule has 1 atom stereocenters. The van der Waals surface area contributed by atoms with Gasteiger partial charge >= 0.3 is 0 Å². The third-order valence-electron chi connectivity index (χ3n) is 7.25. The molecule has 0 fully saturated rings.